The number of hydrogen-bond acceptors (Lipinski definition) is 2. The molecule has 1 atom stereocenters. The number of rotatable bonds is 2. The molecule has 2 aliphatic rings. The highest BCUT2D eigenvalue weighted by Gasteiger charge is 2.52. The Hall–Kier alpha value is -1.84. The van der Waals surface area contributed by atoms with Crippen LogP contribution in [-0.2, 0) is 5.72 Å². The van der Waals surface area contributed by atoms with Gasteiger partial charge in [-0.15, -0.1) is 0 Å². The maximum Gasteiger partial charge on any atom is 0.271 e. The molecule has 1 N–H and O–H groups in total. The number of aliphatic hydroxyl groups is 1. The first-order valence-corrected chi connectivity index (χ1v) is 8.92. The molecule has 124 valence electrons. The van der Waals surface area contributed by atoms with E-state index in [2.05, 4.69) is 40.7 Å². The molecule has 0 saturated heterocycles. The van der Waals surface area contributed by atoms with Crippen molar-refractivity contribution >= 4 is 23.1 Å². The number of para-hydroxylation sites is 1. The molecule has 0 saturated carbocycles. The van der Waals surface area contributed by atoms with E-state index in [1.807, 2.05) is 24.3 Å². The van der Waals surface area contributed by atoms with Crippen molar-refractivity contribution in [2.24, 2.45) is 0 Å². The fourth-order valence-electron chi connectivity index (χ4n) is 3.95. The van der Waals surface area contributed by atoms with E-state index in [4.69, 9.17) is 11.6 Å². The van der Waals surface area contributed by atoms with Crippen LogP contribution in [-0.4, -0.2) is 28.6 Å². The van der Waals surface area contributed by atoms with Crippen LogP contribution < -0.4 is 4.90 Å². The molecule has 2 aromatic rings. The van der Waals surface area contributed by atoms with E-state index in [9.17, 15) is 5.11 Å². The molecule has 0 aromatic heterocycles. The van der Waals surface area contributed by atoms with Crippen LogP contribution >= 0.6 is 11.6 Å². The maximum absolute atomic E-state index is 11.6. The summed E-state index contributed by atoms with van der Waals surface area (Å²) in [5, 5.41) is 12.3. The number of amidine groups is 1. The van der Waals surface area contributed by atoms with Crippen LogP contribution in [0.1, 0.15) is 30.4 Å². The van der Waals surface area contributed by atoms with E-state index in [-0.39, 0.29) is 0 Å². The van der Waals surface area contributed by atoms with Gasteiger partial charge >= 0.3 is 0 Å². The van der Waals surface area contributed by atoms with E-state index in [1.165, 1.54) is 23.5 Å². The van der Waals surface area contributed by atoms with Crippen molar-refractivity contribution in [2.45, 2.75) is 31.9 Å². The Morgan fingerprint density at radius 2 is 1.83 bits per heavy atom. The summed E-state index contributed by atoms with van der Waals surface area (Å²) < 4.78 is 2.19. The first-order chi connectivity index (χ1) is 11.6. The van der Waals surface area contributed by atoms with Crippen molar-refractivity contribution in [1.82, 2.24) is 0 Å². The lowest BCUT2D eigenvalue weighted by Crippen LogP contribution is -2.41. The number of nitrogens with zero attached hydrogens (tertiary/aromatic N) is 2. The van der Waals surface area contributed by atoms with Crippen LogP contribution in [0.5, 0.6) is 0 Å². The van der Waals surface area contributed by atoms with Gasteiger partial charge in [-0.2, -0.15) is 0 Å². The van der Waals surface area contributed by atoms with Gasteiger partial charge in [0.2, 0.25) is 0 Å². The summed E-state index contributed by atoms with van der Waals surface area (Å²) in [6.45, 7) is 3.56. The predicted molar refractivity (Wildman–Crippen MR) is 97.9 cm³/mol. The van der Waals surface area contributed by atoms with Gasteiger partial charge in [-0.3, -0.25) is 0 Å². The third-order valence-corrected chi connectivity index (χ3v) is 5.45. The molecule has 3 nitrogen and oxygen atoms in total. The quantitative estimate of drug-likeness (QED) is 0.838. The first-order valence-electron chi connectivity index (χ1n) is 8.55. The fraction of sp³-hybridized carbons (Fsp3) is 0.350. The molecule has 0 aliphatic carbocycles. The lowest BCUT2D eigenvalue weighted by atomic mass is 10.0. The standard InChI is InChI=1S/C20H22ClN2O/c1-15-6-2-3-7-18(15)22-14-20(24,16-9-11-17(21)12-10-16)23-13-5-4-8-19(22)23/h2-3,6-7,9-12,24H,4-5,8,13-14H2,1H3/q+1/t20-/m1/s1. The number of aryl methyl sites for hydroxylation is 1. The van der Waals surface area contributed by atoms with Gasteiger partial charge in [0.25, 0.3) is 11.6 Å². The highest BCUT2D eigenvalue weighted by Crippen LogP contribution is 2.36. The second-order valence-electron chi connectivity index (χ2n) is 6.72. The molecule has 2 heterocycles. The summed E-state index contributed by atoms with van der Waals surface area (Å²) in [5.74, 6) is 1.23. The van der Waals surface area contributed by atoms with E-state index in [0.29, 0.717) is 11.6 Å². The largest absolute Gasteiger partial charge is 0.346 e. The maximum atomic E-state index is 11.6. The number of benzene rings is 2. The number of β-amino-alcohol motifs (C(OH)–C–C–N with tert-alkyl or cyclic N) is 1. The highest BCUT2D eigenvalue weighted by atomic mass is 35.5. The molecule has 0 bridgehead atoms. The Morgan fingerprint density at radius 3 is 2.58 bits per heavy atom. The van der Waals surface area contributed by atoms with Crippen molar-refractivity contribution in [1.29, 1.82) is 0 Å². The van der Waals surface area contributed by atoms with Crippen molar-refractivity contribution in [2.75, 3.05) is 18.0 Å². The average molecular weight is 342 g/mol. The van der Waals surface area contributed by atoms with Gasteiger partial charge in [-0.1, -0.05) is 41.9 Å². The van der Waals surface area contributed by atoms with Crippen LogP contribution in [0.25, 0.3) is 0 Å². The molecule has 0 unspecified atom stereocenters. The van der Waals surface area contributed by atoms with Crippen molar-refractivity contribution in [3.05, 3.63) is 64.7 Å². The minimum Gasteiger partial charge on any atom is -0.346 e. The summed E-state index contributed by atoms with van der Waals surface area (Å²) in [6, 6.07) is 16.0. The molecule has 0 fully saturated rings. The second kappa shape index (κ2) is 5.91. The summed E-state index contributed by atoms with van der Waals surface area (Å²) in [4.78, 5) is 2.29. The molecule has 2 aromatic carbocycles. The van der Waals surface area contributed by atoms with Crippen LogP contribution in [0.2, 0.25) is 5.02 Å². The van der Waals surface area contributed by atoms with Gasteiger partial charge in [0.05, 0.1) is 6.54 Å². The smallest absolute Gasteiger partial charge is 0.271 e. The molecule has 0 amide bonds. The van der Waals surface area contributed by atoms with Crippen molar-refractivity contribution < 1.29 is 9.68 Å². The summed E-state index contributed by atoms with van der Waals surface area (Å²) >= 11 is 6.04. The monoisotopic (exact) mass is 341 g/mol. The predicted octanol–water partition coefficient (Wildman–Crippen LogP) is 3.91. The van der Waals surface area contributed by atoms with E-state index < -0.39 is 5.72 Å². The Morgan fingerprint density at radius 1 is 1.08 bits per heavy atom. The zero-order chi connectivity index (χ0) is 16.7. The summed E-state index contributed by atoms with van der Waals surface area (Å²) in [7, 11) is 0. The van der Waals surface area contributed by atoms with E-state index >= 15 is 0 Å². The van der Waals surface area contributed by atoms with Gasteiger partial charge in [-0.25, -0.2) is 9.48 Å². The van der Waals surface area contributed by atoms with E-state index in [1.54, 1.807) is 0 Å². The van der Waals surface area contributed by atoms with Gasteiger partial charge in [0.1, 0.15) is 5.69 Å². The Kier molecular flexibility index (Phi) is 3.86. The number of hydrogen-bond donors (Lipinski definition) is 1. The van der Waals surface area contributed by atoms with Gasteiger partial charge in [-0.05, 0) is 43.5 Å². The number of anilines is 1. The SMILES string of the molecule is Cc1ccccc1N1C[C@@](O)(c2ccc(Cl)cc2)[N+]2=C1CCCC2. The Labute approximate surface area is 147 Å². The minimum atomic E-state index is -0.997. The normalized spacial score (nSPS) is 23.5. The van der Waals surface area contributed by atoms with Crippen molar-refractivity contribution in [3.8, 4) is 0 Å². The molecule has 0 spiro atoms. The lowest BCUT2D eigenvalue weighted by Gasteiger charge is -2.24. The lowest BCUT2D eigenvalue weighted by molar-refractivity contribution is -0.661. The zero-order valence-electron chi connectivity index (χ0n) is 13.9. The molecular formula is C20H22ClN2O+. The molecule has 4 rings (SSSR count). The second-order valence-corrected chi connectivity index (χ2v) is 7.16. The van der Waals surface area contributed by atoms with Gasteiger partial charge < -0.3 is 5.11 Å². The third-order valence-electron chi connectivity index (χ3n) is 5.19. The molecular weight excluding hydrogens is 320 g/mol. The molecule has 2 aliphatic heterocycles. The molecule has 4 heteroatoms. The fourth-order valence-corrected chi connectivity index (χ4v) is 4.07. The minimum absolute atomic E-state index is 0.550. The molecule has 0 radical (unpaired) electrons. The first kappa shape index (κ1) is 15.7. The van der Waals surface area contributed by atoms with Crippen LogP contribution in [0.4, 0.5) is 5.69 Å². The van der Waals surface area contributed by atoms with Gasteiger partial charge in [0, 0.05) is 17.0 Å². The molecule has 24 heavy (non-hydrogen) atoms. The van der Waals surface area contributed by atoms with Crippen molar-refractivity contribution in [3.63, 3.8) is 0 Å². The Bertz CT molecular complexity index is 800. The summed E-state index contributed by atoms with van der Waals surface area (Å²) in [6.07, 6.45) is 3.29. The summed E-state index contributed by atoms with van der Waals surface area (Å²) in [5.41, 5.74) is 2.32. The topological polar surface area (TPSA) is 26.5 Å². The van der Waals surface area contributed by atoms with Crippen LogP contribution in [0, 0.1) is 6.92 Å². The third kappa shape index (κ3) is 2.43. The van der Waals surface area contributed by atoms with Crippen LogP contribution in [0.3, 0.4) is 0 Å². The number of halogens is 1. The van der Waals surface area contributed by atoms with Gasteiger partial charge in [0.15, 0.2) is 6.54 Å². The highest BCUT2D eigenvalue weighted by molar-refractivity contribution is 6.30. The zero-order valence-corrected chi connectivity index (χ0v) is 14.6. The Balaban J connectivity index is 1.82. The average Bonchev–Trinajstić information content (AvgIpc) is 2.90. The van der Waals surface area contributed by atoms with Crippen LogP contribution in [0.15, 0.2) is 48.5 Å². The van der Waals surface area contributed by atoms with E-state index in [0.717, 1.165) is 24.9 Å².